The normalized spacial score (nSPS) is 22.9. The molecule has 0 atom stereocenters. The van der Waals surface area contributed by atoms with Gasteiger partial charge < -0.3 is 14.7 Å². The molecule has 1 aromatic rings. The zero-order valence-corrected chi connectivity index (χ0v) is 14.6. The van der Waals surface area contributed by atoms with Crippen molar-refractivity contribution in [2.75, 3.05) is 19.7 Å². The predicted octanol–water partition coefficient (Wildman–Crippen LogP) is 3.03. The number of carboxylic acid groups (broad SMARTS) is 1. The molecule has 1 saturated heterocycles. The maximum absolute atomic E-state index is 12.4. The fraction of sp³-hybridized carbons (Fsp3) is 0.667. The van der Waals surface area contributed by atoms with Crippen LogP contribution in [0.25, 0.3) is 0 Å². The van der Waals surface area contributed by atoms with E-state index in [9.17, 15) is 14.7 Å². The summed E-state index contributed by atoms with van der Waals surface area (Å²) in [4.78, 5) is 27.2. The number of aromatic carboxylic acids is 1. The van der Waals surface area contributed by atoms with Crippen molar-refractivity contribution in [1.82, 2.24) is 4.90 Å². The lowest BCUT2D eigenvalue weighted by Crippen LogP contribution is -2.48. The number of piperidine rings is 1. The fourth-order valence-electron chi connectivity index (χ4n) is 4.13. The van der Waals surface area contributed by atoms with Gasteiger partial charge in [0.2, 0.25) is 5.91 Å². The molecule has 1 saturated carbocycles. The number of carbonyl (C=O) groups excluding carboxylic acids is 1. The zero-order valence-electron chi connectivity index (χ0n) is 13.8. The van der Waals surface area contributed by atoms with Crippen LogP contribution in [0.15, 0.2) is 6.07 Å². The van der Waals surface area contributed by atoms with Crippen LogP contribution in [0, 0.1) is 5.92 Å². The first-order valence-electron chi connectivity index (χ1n) is 8.86. The standard InChI is InChI=1S/C18H23NO4S/c20-16(10-12-2-1-3-12)19-7-5-18(6-8-19)13-11-15(17(21)22)24-14(13)4-9-23-18/h11-12H,1-10H2,(H,21,22). The molecule has 0 aromatic carbocycles. The van der Waals surface area contributed by atoms with E-state index in [4.69, 9.17) is 4.74 Å². The van der Waals surface area contributed by atoms with E-state index < -0.39 is 5.97 Å². The van der Waals surface area contributed by atoms with Gasteiger partial charge in [-0.3, -0.25) is 4.79 Å². The minimum Gasteiger partial charge on any atom is -0.477 e. The van der Waals surface area contributed by atoms with Gasteiger partial charge in [-0.25, -0.2) is 4.79 Å². The molecule has 1 N–H and O–H groups in total. The largest absolute Gasteiger partial charge is 0.477 e. The maximum Gasteiger partial charge on any atom is 0.345 e. The molecule has 4 rings (SSSR count). The Morgan fingerprint density at radius 1 is 1.33 bits per heavy atom. The average molecular weight is 349 g/mol. The molecular weight excluding hydrogens is 326 g/mol. The van der Waals surface area contributed by atoms with Crippen LogP contribution in [0.5, 0.6) is 0 Å². The molecule has 2 aliphatic heterocycles. The van der Waals surface area contributed by atoms with E-state index in [1.54, 1.807) is 6.07 Å². The SMILES string of the molecule is O=C(O)c1cc2c(s1)CCOC21CCN(C(=O)CC2CCC2)CC1. The van der Waals surface area contributed by atoms with E-state index >= 15 is 0 Å². The summed E-state index contributed by atoms with van der Waals surface area (Å²) < 4.78 is 6.14. The highest BCUT2D eigenvalue weighted by molar-refractivity contribution is 7.14. The minimum absolute atomic E-state index is 0.280. The summed E-state index contributed by atoms with van der Waals surface area (Å²) in [6.07, 6.45) is 6.69. The second-order valence-corrected chi connectivity index (χ2v) is 8.36. The number of carbonyl (C=O) groups is 2. The Bertz CT molecular complexity index is 656. The number of carboxylic acids is 1. The average Bonchev–Trinajstić information content (AvgIpc) is 2.98. The summed E-state index contributed by atoms with van der Waals surface area (Å²) in [5.41, 5.74) is 0.674. The van der Waals surface area contributed by atoms with Crippen molar-refractivity contribution in [1.29, 1.82) is 0 Å². The van der Waals surface area contributed by atoms with E-state index in [-0.39, 0.29) is 11.5 Å². The van der Waals surface area contributed by atoms with Crippen LogP contribution in [-0.4, -0.2) is 41.6 Å². The summed E-state index contributed by atoms with van der Waals surface area (Å²) in [5.74, 6) is 0.0145. The first-order valence-corrected chi connectivity index (χ1v) is 9.67. The van der Waals surface area contributed by atoms with E-state index in [1.807, 2.05) is 4.90 Å². The third-order valence-electron chi connectivity index (χ3n) is 5.83. The lowest BCUT2D eigenvalue weighted by molar-refractivity contribution is -0.142. The molecule has 5 nitrogen and oxygen atoms in total. The number of fused-ring (bicyclic) bond motifs is 2. The highest BCUT2D eigenvalue weighted by Crippen LogP contribution is 2.44. The molecule has 6 heteroatoms. The Hall–Kier alpha value is -1.40. The third kappa shape index (κ3) is 2.75. The molecule has 3 heterocycles. The van der Waals surface area contributed by atoms with E-state index in [2.05, 4.69) is 0 Å². The van der Waals surface area contributed by atoms with Gasteiger partial charge in [0.15, 0.2) is 0 Å². The number of amides is 1. The van der Waals surface area contributed by atoms with Gasteiger partial charge in [-0.1, -0.05) is 6.42 Å². The van der Waals surface area contributed by atoms with Crippen molar-refractivity contribution in [2.24, 2.45) is 5.92 Å². The van der Waals surface area contributed by atoms with Crippen LogP contribution in [0.1, 0.15) is 58.6 Å². The first-order chi connectivity index (χ1) is 11.6. The van der Waals surface area contributed by atoms with Gasteiger partial charge in [0.1, 0.15) is 4.88 Å². The molecule has 130 valence electrons. The van der Waals surface area contributed by atoms with Crippen LogP contribution in [0.3, 0.4) is 0 Å². The maximum atomic E-state index is 12.4. The van der Waals surface area contributed by atoms with Gasteiger partial charge in [-0.2, -0.15) is 0 Å². The fourth-order valence-corrected chi connectivity index (χ4v) is 5.20. The quantitative estimate of drug-likeness (QED) is 0.911. The molecule has 1 spiro atoms. The summed E-state index contributed by atoms with van der Waals surface area (Å²) in [6, 6.07) is 1.80. The van der Waals surface area contributed by atoms with Gasteiger partial charge in [0.05, 0.1) is 12.2 Å². The van der Waals surface area contributed by atoms with Gasteiger partial charge in [-0.05, 0) is 43.2 Å². The van der Waals surface area contributed by atoms with Gasteiger partial charge >= 0.3 is 5.97 Å². The van der Waals surface area contributed by atoms with Gasteiger partial charge in [0.25, 0.3) is 0 Å². The Balaban J connectivity index is 1.47. The van der Waals surface area contributed by atoms with Crippen molar-refractivity contribution in [3.8, 4) is 0 Å². The lowest BCUT2D eigenvalue weighted by Gasteiger charge is -2.44. The molecule has 1 aromatic heterocycles. The molecule has 0 unspecified atom stereocenters. The smallest absolute Gasteiger partial charge is 0.345 e. The number of ether oxygens (including phenoxy) is 1. The lowest BCUT2D eigenvalue weighted by atomic mass is 9.80. The highest BCUT2D eigenvalue weighted by atomic mass is 32.1. The van der Waals surface area contributed by atoms with Crippen molar-refractivity contribution in [3.05, 3.63) is 21.4 Å². The second-order valence-electron chi connectivity index (χ2n) is 7.23. The third-order valence-corrected chi connectivity index (χ3v) is 7.01. The van der Waals surface area contributed by atoms with Crippen molar-refractivity contribution in [3.63, 3.8) is 0 Å². The first kappa shape index (κ1) is 16.1. The number of thiophene rings is 1. The van der Waals surface area contributed by atoms with Gasteiger partial charge in [-0.15, -0.1) is 11.3 Å². The molecule has 24 heavy (non-hydrogen) atoms. The Morgan fingerprint density at radius 3 is 2.71 bits per heavy atom. The number of hydrogen-bond acceptors (Lipinski definition) is 4. The number of rotatable bonds is 3. The Kier molecular flexibility index (Phi) is 4.12. The highest BCUT2D eigenvalue weighted by Gasteiger charge is 2.43. The molecule has 2 fully saturated rings. The molecule has 1 amide bonds. The molecule has 3 aliphatic rings. The Morgan fingerprint density at radius 2 is 2.08 bits per heavy atom. The summed E-state index contributed by atoms with van der Waals surface area (Å²) in [6.45, 7) is 2.06. The summed E-state index contributed by atoms with van der Waals surface area (Å²) in [7, 11) is 0. The van der Waals surface area contributed by atoms with Crippen molar-refractivity contribution in [2.45, 2.75) is 50.5 Å². The monoisotopic (exact) mass is 349 g/mol. The topological polar surface area (TPSA) is 66.8 Å². The van der Waals surface area contributed by atoms with E-state index in [1.165, 1.54) is 30.6 Å². The van der Waals surface area contributed by atoms with E-state index in [0.29, 0.717) is 36.9 Å². The number of likely N-dealkylation sites (tertiary alicyclic amines) is 1. The number of hydrogen-bond donors (Lipinski definition) is 1. The van der Waals surface area contributed by atoms with Crippen molar-refractivity contribution >= 4 is 23.2 Å². The molecule has 0 radical (unpaired) electrons. The van der Waals surface area contributed by atoms with Crippen molar-refractivity contribution < 1.29 is 19.4 Å². The van der Waals surface area contributed by atoms with Crippen LogP contribution in [0.2, 0.25) is 0 Å². The molecule has 0 bridgehead atoms. The predicted molar refractivity (Wildman–Crippen MR) is 90.4 cm³/mol. The van der Waals surface area contributed by atoms with E-state index in [0.717, 1.165) is 29.7 Å². The van der Waals surface area contributed by atoms with Crippen LogP contribution in [0.4, 0.5) is 0 Å². The Labute approximate surface area is 145 Å². The van der Waals surface area contributed by atoms with Crippen LogP contribution >= 0.6 is 11.3 Å². The summed E-state index contributed by atoms with van der Waals surface area (Å²) >= 11 is 1.38. The molecule has 1 aliphatic carbocycles. The van der Waals surface area contributed by atoms with Crippen LogP contribution < -0.4 is 0 Å². The molecular formula is C18H23NO4S. The summed E-state index contributed by atoms with van der Waals surface area (Å²) in [5, 5.41) is 9.27. The minimum atomic E-state index is -0.863. The number of nitrogens with zero attached hydrogens (tertiary/aromatic N) is 1. The van der Waals surface area contributed by atoms with Gasteiger partial charge in [0, 0.05) is 30.8 Å². The second kappa shape index (κ2) is 6.15. The zero-order chi connectivity index (χ0) is 16.7. The van der Waals surface area contributed by atoms with Crippen LogP contribution in [-0.2, 0) is 21.6 Å².